The third-order valence-corrected chi connectivity index (χ3v) is 4.94. The van der Waals surface area contributed by atoms with Crippen molar-refractivity contribution in [2.75, 3.05) is 26.7 Å². The Bertz CT molecular complexity index is 509. The second-order valence-corrected chi connectivity index (χ2v) is 6.89. The molecule has 4 nitrogen and oxygen atoms in total. The van der Waals surface area contributed by atoms with Crippen molar-refractivity contribution in [2.24, 2.45) is 0 Å². The lowest BCUT2D eigenvalue weighted by Crippen LogP contribution is -2.53. The van der Waals surface area contributed by atoms with E-state index in [9.17, 15) is 4.79 Å². The second-order valence-electron chi connectivity index (χ2n) is 5.98. The third-order valence-electron chi connectivity index (χ3n) is 4.51. The van der Waals surface area contributed by atoms with Gasteiger partial charge in [0.05, 0.1) is 0 Å². The van der Waals surface area contributed by atoms with Crippen LogP contribution in [0.2, 0.25) is 0 Å². The van der Waals surface area contributed by atoms with E-state index in [1.807, 2.05) is 11.0 Å². The van der Waals surface area contributed by atoms with Gasteiger partial charge in [-0.25, -0.2) is 0 Å². The summed E-state index contributed by atoms with van der Waals surface area (Å²) in [5.74, 6) is 0.189. The first kappa shape index (κ1) is 14.1. The van der Waals surface area contributed by atoms with E-state index in [0.29, 0.717) is 12.1 Å². The highest BCUT2D eigenvalue weighted by Crippen LogP contribution is 2.37. The molecule has 110 valence electrons. The minimum Gasteiger partial charge on any atom is -0.339 e. The summed E-state index contributed by atoms with van der Waals surface area (Å²) in [6.07, 6.45) is 5.54. The van der Waals surface area contributed by atoms with Gasteiger partial charge in [0.25, 0.3) is 5.91 Å². The molecule has 0 spiro atoms. The Hall–Kier alpha value is -0.810. The molecule has 1 aliphatic carbocycles. The largest absolute Gasteiger partial charge is 0.339 e. The monoisotopic (exact) mass is 339 g/mol. The number of nitrogens with zero attached hydrogens (tertiary/aromatic N) is 3. The SMILES string of the molecule is CCC1CN(C(=O)c2cc(Br)cn2C2CC2)CCN1C. The van der Waals surface area contributed by atoms with Crippen molar-refractivity contribution in [1.82, 2.24) is 14.4 Å². The molecule has 3 rings (SSSR count). The molecule has 1 saturated heterocycles. The summed E-state index contributed by atoms with van der Waals surface area (Å²) in [6.45, 7) is 4.84. The molecule has 2 heterocycles. The van der Waals surface area contributed by atoms with Crippen LogP contribution in [0.15, 0.2) is 16.7 Å². The Morgan fingerprint density at radius 2 is 2.15 bits per heavy atom. The highest BCUT2D eigenvalue weighted by atomic mass is 79.9. The van der Waals surface area contributed by atoms with Crippen molar-refractivity contribution in [2.45, 2.75) is 38.3 Å². The van der Waals surface area contributed by atoms with E-state index in [2.05, 4.69) is 45.6 Å². The number of rotatable bonds is 3. The summed E-state index contributed by atoms with van der Waals surface area (Å²) in [5, 5.41) is 0. The number of amides is 1. The molecule has 20 heavy (non-hydrogen) atoms. The second kappa shape index (κ2) is 5.53. The zero-order chi connectivity index (χ0) is 14.3. The predicted molar refractivity (Wildman–Crippen MR) is 83.0 cm³/mol. The van der Waals surface area contributed by atoms with Crippen LogP contribution in [-0.4, -0.2) is 53.0 Å². The van der Waals surface area contributed by atoms with Crippen molar-refractivity contribution >= 4 is 21.8 Å². The van der Waals surface area contributed by atoms with Crippen LogP contribution in [0.4, 0.5) is 0 Å². The van der Waals surface area contributed by atoms with Gasteiger partial charge in [-0.15, -0.1) is 0 Å². The molecule has 1 unspecified atom stereocenters. The summed E-state index contributed by atoms with van der Waals surface area (Å²) in [6, 6.07) is 3.00. The quantitative estimate of drug-likeness (QED) is 0.847. The van der Waals surface area contributed by atoms with Gasteiger partial charge in [-0.1, -0.05) is 6.92 Å². The topological polar surface area (TPSA) is 28.5 Å². The summed E-state index contributed by atoms with van der Waals surface area (Å²) < 4.78 is 3.17. The number of carbonyl (C=O) groups excluding carboxylic acids is 1. The van der Waals surface area contributed by atoms with Crippen LogP contribution in [-0.2, 0) is 0 Å². The summed E-state index contributed by atoms with van der Waals surface area (Å²) in [7, 11) is 2.15. The molecule has 0 N–H and O–H groups in total. The number of likely N-dealkylation sites (N-methyl/N-ethyl adjacent to an activating group) is 1. The number of piperazine rings is 1. The van der Waals surface area contributed by atoms with E-state index < -0.39 is 0 Å². The highest BCUT2D eigenvalue weighted by molar-refractivity contribution is 9.10. The van der Waals surface area contributed by atoms with Gasteiger partial charge in [-0.05, 0) is 48.3 Å². The molecule has 1 aromatic rings. The maximum absolute atomic E-state index is 12.8. The van der Waals surface area contributed by atoms with Gasteiger partial charge in [0.2, 0.25) is 0 Å². The van der Waals surface area contributed by atoms with Crippen LogP contribution >= 0.6 is 15.9 Å². The van der Waals surface area contributed by atoms with Crippen LogP contribution in [0, 0.1) is 0 Å². The van der Waals surface area contributed by atoms with E-state index in [1.165, 1.54) is 12.8 Å². The third kappa shape index (κ3) is 2.66. The predicted octanol–water partition coefficient (Wildman–Crippen LogP) is 2.75. The molecule has 1 atom stereocenters. The van der Waals surface area contributed by atoms with Gasteiger partial charge in [-0.3, -0.25) is 9.69 Å². The van der Waals surface area contributed by atoms with Crippen LogP contribution in [0.25, 0.3) is 0 Å². The molecule has 1 amide bonds. The van der Waals surface area contributed by atoms with Gasteiger partial charge in [0, 0.05) is 42.4 Å². The maximum Gasteiger partial charge on any atom is 0.270 e. The van der Waals surface area contributed by atoms with Crippen LogP contribution in [0.1, 0.15) is 42.7 Å². The fourth-order valence-corrected chi connectivity index (χ4v) is 3.44. The van der Waals surface area contributed by atoms with Gasteiger partial charge in [0.1, 0.15) is 5.69 Å². The Morgan fingerprint density at radius 3 is 2.80 bits per heavy atom. The Kier molecular flexibility index (Phi) is 3.91. The lowest BCUT2D eigenvalue weighted by Gasteiger charge is -2.39. The van der Waals surface area contributed by atoms with Crippen molar-refractivity contribution in [3.63, 3.8) is 0 Å². The van der Waals surface area contributed by atoms with Crippen molar-refractivity contribution in [3.8, 4) is 0 Å². The normalized spacial score (nSPS) is 24.1. The van der Waals surface area contributed by atoms with Crippen molar-refractivity contribution in [1.29, 1.82) is 0 Å². The molecular weight excluding hydrogens is 318 g/mol. The maximum atomic E-state index is 12.8. The Labute approximate surface area is 128 Å². The summed E-state index contributed by atoms with van der Waals surface area (Å²) >= 11 is 3.51. The average Bonchev–Trinajstić information content (AvgIpc) is 3.21. The Balaban J connectivity index is 1.78. The molecule has 2 fully saturated rings. The number of carbonyl (C=O) groups is 1. The van der Waals surface area contributed by atoms with Crippen LogP contribution in [0.5, 0.6) is 0 Å². The zero-order valence-corrected chi connectivity index (χ0v) is 13.8. The zero-order valence-electron chi connectivity index (χ0n) is 12.2. The number of hydrogen-bond donors (Lipinski definition) is 0. The van der Waals surface area contributed by atoms with E-state index >= 15 is 0 Å². The summed E-state index contributed by atoms with van der Waals surface area (Å²) in [5.41, 5.74) is 0.846. The molecule has 0 bridgehead atoms. The van der Waals surface area contributed by atoms with Gasteiger partial charge < -0.3 is 9.47 Å². The highest BCUT2D eigenvalue weighted by Gasteiger charge is 2.32. The first-order valence-electron chi connectivity index (χ1n) is 7.47. The number of halogens is 1. The molecule has 1 aromatic heterocycles. The van der Waals surface area contributed by atoms with Gasteiger partial charge >= 0.3 is 0 Å². The van der Waals surface area contributed by atoms with Crippen molar-refractivity contribution in [3.05, 3.63) is 22.4 Å². The lowest BCUT2D eigenvalue weighted by molar-refractivity contribution is 0.0532. The lowest BCUT2D eigenvalue weighted by atomic mass is 10.1. The number of aromatic nitrogens is 1. The van der Waals surface area contributed by atoms with Crippen molar-refractivity contribution < 1.29 is 4.79 Å². The minimum atomic E-state index is 0.189. The van der Waals surface area contributed by atoms with E-state index in [4.69, 9.17) is 0 Å². The van der Waals surface area contributed by atoms with Gasteiger partial charge in [-0.2, -0.15) is 0 Å². The number of hydrogen-bond acceptors (Lipinski definition) is 2. The van der Waals surface area contributed by atoms with Crippen LogP contribution in [0.3, 0.4) is 0 Å². The first-order valence-corrected chi connectivity index (χ1v) is 8.26. The first-order chi connectivity index (χ1) is 9.60. The molecule has 5 heteroatoms. The summed E-state index contributed by atoms with van der Waals surface area (Å²) in [4.78, 5) is 17.2. The molecule has 0 radical (unpaired) electrons. The molecule has 2 aliphatic rings. The fourth-order valence-electron chi connectivity index (χ4n) is 3.01. The van der Waals surface area contributed by atoms with Crippen LogP contribution < -0.4 is 0 Å². The van der Waals surface area contributed by atoms with Gasteiger partial charge in [0.15, 0.2) is 0 Å². The average molecular weight is 340 g/mol. The standard InChI is InChI=1S/C15H22BrN3O/c1-3-12-10-18(7-6-17(12)2)15(20)14-8-11(16)9-19(14)13-4-5-13/h8-9,12-13H,3-7,10H2,1-2H3. The smallest absolute Gasteiger partial charge is 0.270 e. The van der Waals surface area contributed by atoms with E-state index in [0.717, 1.165) is 36.2 Å². The van der Waals surface area contributed by atoms with E-state index in [-0.39, 0.29) is 5.91 Å². The molecule has 1 saturated carbocycles. The fraction of sp³-hybridized carbons (Fsp3) is 0.667. The Morgan fingerprint density at radius 1 is 1.40 bits per heavy atom. The molecule has 1 aliphatic heterocycles. The molecular formula is C15H22BrN3O. The molecule has 0 aromatic carbocycles. The minimum absolute atomic E-state index is 0.189. The van der Waals surface area contributed by atoms with E-state index in [1.54, 1.807) is 0 Å².